The summed E-state index contributed by atoms with van der Waals surface area (Å²) in [5, 5.41) is 3.38. The molecule has 0 aromatic rings. The highest BCUT2D eigenvalue weighted by molar-refractivity contribution is 8.00. The summed E-state index contributed by atoms with van der Waals surface area (Å²) in [6.07, 6.45) is 5.65. The Hall–Kier alpha value is 0.0500. The van der Waals surface area contributed by atoms with Gasteiger partial charge in [-0.25, -0.2) is 0 Å². The molecule has 0 aliphatic rings. The lowest BCUT2D eigenvalue weighted by Gasteiger charge is -2.22. The van der Waals surface area contributed by atoms with E-state index >= 15 is 0 Å². The molecule has 0 bridgehead atoms. The zero-order valence-electron chi connectivity index (χ0n) is 10.1. The molecule has 1 unspecified atom stereocenters. The third kappa shape index (κ3) is 8.64. The van der Waals surface area contributed by atoms with Crippen LogP contribution >= 0.6 is 11.8 Å². The molecule has 0 aromatic heterocycles. The standard InChI is InChI=1S/C12H25NS/c1-6-7-8-9-11(13-5)10-14-12(2,3)4/h6,11,13H,1,7-10H2,2-5H3. The first-order valence-electron chi connectivity index (χ1n) is 5.41. The molecule has 0 saturated heterocycles. The van der Waals surface area contributed by atoms with Crippen LogP contribution in [0.2, 0.25) is 0 Å². The highest BCUT2D eigenvalue weighted by Gasteiger charge is 2.13. The lowest BCUT2D eigenvalue weighted by Crippen LogP contribution is -2.29. The Balaban J connectivity index is 3.63. The van der Waals surface area contributed by atoms with E-state index in [1.165, 1.54) is 18.6 Å². The Morgan fingerprint density at radius 3 is 2.50 bits per heavy atom. The maximum absolute atomic E-state index is 3.74. The first kappa shape index (κ1) is 14.1. The molecule has 2 heteroatoms. The smallest absolute Gasteiger partial charge is 0.0155 e. The van der Waals surface area contributed by atoms with Crippen molar-refractivity contribution in [3.63, 3.8) is 0 Å². The summed E-state index contributed by atoms with van der Waals surface area (Å²) in [4.78, 5) is 0. The van der Waals surface area contributed by atoms with Crippen molar-refractivity contribution in [1.29, 1.82) is 0 Å². The molecule has 0 aliphatic carbocycles. The van der Waals surface area contributed by atoms with Crippen LogP contribution in [0, 0.1) is 0 Å². The van der Waals surface area contributed by atoms with Crippen molar-refractivity contribution in [2.45, 2.75) is 50.8 Å². The molecule has 0 amide bonds. The topological polar surface area (TPSA) is 12.0 Å². The average molecular weight is 215 g/mol. The second-order valence-corrected chi connectivity index (χ2v) is 6.48. The van der Waals surface area contributed by atoms with Gasteiger partial charge in [0.2, 0.25) is 0 Å². The molecule has 14 heavy (non-hydrogen) atoms. The summed E-state index contributed by atoms with van der Waals surface area (Å²) in [6, 6.07) is 0.652. The third-order valence-electron chi connectivity index (χ3n) is 2.09. The molecule has 0 heterocycles. The lowest BCUT2D eigenvalue weighted by molar-refractivity contribution is 0.550. The van der Waals surface area contributed by atoms with E-state index in [4.69, 9.17) is 0 Å². The Kier molecular flexibility index (Phi) is 7.38. The van der Waals surface area contributed by atoms with Crippen molar-refractivity contribution < 1.29 is 0 Å². The highest BCUT2D eigenvalue weighted by Crippen LogP contribution is 2.24. The molecule has 1 nitrogen and oxygen atoms in total. The first-order chi connectivity index (χ1) is 6.49. The maximum Gasteiger partial charge on any atom is 0.0155 e. The number of unbranched alkanes of at least 4 members (excludes halogenated alkanes) is 1. The largest absolute Gasteiger partial charge is 0.316 e. The summed E-state index contributed by atoms with van der Waals surface area (Å²) in [7, 11) is 2.06. The molecule has 0 fully saturated rings. The molecule has 1 atom stereocenters. The fourth-order valence-electron chi connectivity index (χ4n) is 1.17. The van der Waals surface area contributed by atoms with E-state index in [1.807, 2.05) is 17.8 Å². The second kappa shape index (κ2) is 7.36. The third-order valence-corrected chi connectivity index (χ3v) is 3.52. The molecule has 1 N–H and O–H groups in total. The van der Waals surface area contributed by atoms with Gasteiger partial charge in [0, 0.05) is 16.5 Å². The Labute approximate surface area is 93.7 Å². The number of hydrogen-bond acceptors (Lipinski definition) is 2. The van der Waals surface area contributed by atoms with Crippen LogP contribution in [0.1, 0.15) is 40.0 Å². The van der Waals surface area contributed by atoms with Crippen molar-refractivity contribution in [3.05, 3.63) is 12.7 Å². The highest BCUT2D eigenvalue weighted by atomic mass is 32.2. The van der Waals surface area contributed by atoms with E-state index in [2.05, 4.69) is 39.7 Å². The molecular formula is C12H25NS. The van der Waals surface area contributed by atoms with Crippen LogP contribution in [-0.4, -0.2) is 23.6 Å². The van der Waals surface area contributed by atoms with E-state index < -0.39 is 0 Å². The Morgan fingerprint density at radius 1 is 1.43 bits per heavy atom. The zero-order chi connectivity index (χ0) is 11.0. The fraction of sp³-hybridized carbons (Fsp3) is 0.833. The van der Waals surface area contributed by atoms with Gasteiger partial charge in [-0.05, 0) is 26.3 Å². The molecule has 84 valence electrons. The van der Waals surface area contributed by atoms with Crippen molar-refractivity contribution in [2.75, 3.05) is 12.8 Å². The summed E-state index contributed by atoms with van der Waals surface area (Å²) in [5.41, 5.74) is 0. The average Bonchev–Trinajstić information content (AvgIpc) is 2.09. The van der Waals surface area contributed by atoms with Gasteiger partial charge in [0.15, 0.2) is 0 Å². The molecule has 0 saturated carbocycles. The summed E-state index contributed by atoms with van der Waals surface area (Å²) < 4.78 is 0.382. The van der Waals surface area contributed by atoms with Gasteiger partial charge >= 0.3 is 0 Å². The number of nitrogens with one attached hydrogen (secondary N) is 1. The normalized spacial score (nSPS) is 14.0. The van der Waals surface area contributed by atoms with E-state index in [9.17, 15) is 0 Å². The predicted molar refractivity (Wildman–Crippen MR) is 69.1 cm³/mol. The van der Waals surface area contributed by atoms with Gasteiger partial charge < -0.3 is 5.32 Å². The molecule has 0 aromatic carbocycles. The van der Waals surface area contributed by atoms with Crippen LogP contribution in [-0.2, 0) is 0 Å². The van der Waals surface area contributed by atoms with E-state index in [0.717, 1.165) is 6.42 Å². The van der Waals surface area contributed by atoms with Gasteiger partial charge in [0.25, 0.3) is 0 Å². The quantitative estimate of drug-likeness (QED) is 0.515. The van der Waals surface area contributed by atoms with Crippen LogP contribution < -0.4 is 5.32 Å². The van der Waals surface area contributed by atoms with Crippen LogP contribution in [0.4, 0.5) is 0 Å². The van der Waals surface area contributed by atoms with Crippen molar-refractivity contribution in [1.82, 2.24) is 5.32 Å². The summed E-state index contributed by atoms with van der Waals surface area (Å²) in [5.74, 6) is 1.21. The minimum Gasteiger partial charge on any atom is -0.316 e. The van der Waals surface area contributed by atoms with Gasteiger partial charge in [0.1, 0.15) is 0 Å². The SMILES string of the molecule is C=CCCCC(CSC(C)(C)C)NC. The maximum atomic E-state index is 3.74. The van der Waals surface area contributed by atoms with Crippen molar-refractivity contribution >= 4 is 11.8 Å². The number of rotatable bonds is 7. The molecule has 0 aliphatic heterocycles. The van der Waals surface area contributed by atoms with Crippen molar-refractivity contribution in [2.24, 2.45) is 0 Å². The molecule has 0 spiro atoms. The van der Waals surface area contributed by atoms with Gasteiger partial charge in [0.05, 0.1) is 0 Å². The van der Waals surface area contributed by atoms with E-state index in [0.29, 0.717) is 10.8 Å². The fourth-order valence-corrected chi connectivity index (χ4v) is 2.20. The van der Waals surface area contributed by atoms with Crippen LogP contribution in [0.5, 0.6) is 0 Å². The molecule has 0 radical (unpaired) electrons. The second-order valence-electron chi connectivity index (χ2n) is 4.63. The van der Waals surface area contributed by atoms with Crippen LogP contribution in [0.15, 0.2) is 12.7 Å². The summed E-state index contributed by atoms with van der Waals surface area (Å²) >= 11 is 2.04. The number of allylic oxidation sites excluding steroid dienone is 1. The zero-order valence-corrected chi connectivity index (χ0v) is 10.9. The molecule has 0 rings (SSSR count). The first-order valence-corrected chi connectivity index (χ1v) is 6.40. The predicted octanol–water partition coefficient (Wildman–Crippen LogP) is 3.46. The van der Waals surface area contributed by atoms with E-state index in [-0.39, 0.29) is 0 Å². The van der Waals surface area contributed by atoms with E-state index in [1.54, 1.807) is 0 Å². The van der Waals surface area contributed by atoms with Gasteiger partial charge in [-0.15, -0.1) is 6.58 Å². The minimum absolute atomic E-state index is 0.382. The van der Waals surface area contributed by atoms with Crippen LogP contribution in [0.3, 0.4) is 0 Å². The van der Waals surface area contributed by atoms with Gasteiger partial charge in [-0.2, -0.15) is 11.8 Å². The molecular weight excluding hydrogens is 190 g/mol. The van der Waals surface area contributed by atoms with Crippen LogP contribution in [0.25, 0.3) is 0 Å². The number of hydrogen-bond donors (Lipinski definition) is 1. The Morgan fingerprint density at radius 2 is 2.07 bits per heavy atom. The lowest BCUT2D eigenvalue weighted by atomic mass is 10.1. The summed E-state index contributed by atoms with van der Waals surface area (Å²) in [6.45, 7) is 10.6. The Bertz CT molecular complexity index is 149. The van der Waals surface area contributed by atoms with Crippen molar-refractivity contribution in [3.8, 4) is 0 Å². The monoisotopic (exact) mass is 215 g/mol. The minimum atomic E-state index is 0.382. The van der Waals surface area contributed by atoms with Gasteiger partial charge in [-0.3, -0.25) is 0 Å². The van der Waals surface area contributed by atoms with Gasteiger partial charge in [-0.1, -0.05) is 26.8 Å². The number of thioether (sulfide) groups is 1.